The van der Waals surface area contributed by atoms with Gasteiger partial charge in [0.2, 0.25) is 0 Å². The largest absolute Gasteiger partial charge is 0.255 e. The molecule has 0 amide bonds. The van der Waals surface area contributed by atoms with Crippen molar-refractivity contribution >= 4 is 12.4 Å². The highest BCUT2D eigenvalue weighted by Crippen LogP contribution is 2.10. The molecule has 2 nitrogen and oxygen atoms in total. The van der Waals surface area contributed by atoms with E-state index in [1.54, 1.807) is 12.4 Å². The second-order valence-corrected chi connectivity index (χ2v) is 2.43. The summed E-state index contributed by atoms with van der Waals surface area (Å²) in [6.07, 6.45) is 3.54. The van der Waals surface area contributed by atoms with E-state index in [2.05, 4.69) is 9.97 Å². The monoisotopic (exact) mass is 192 g/mol. The quantitative estimate of drug-likeness (QED) is 0.694. The predicted molar refractivity (Wildman–Crippen MR) is 54.7 cm³/mol. The van der Waals surface area contributed by atoms with Gasteiger partial charge in [0.05, 0.1) is 11.4 Å². The van der Waals surface area contributed by atoms with E-state index in [9.17, 15) is 0 Å². The van der Waals surface area contributed by atoms with Gasteiger partial charge in [-0.05, 0) is 24.3 Å². The maximum atomic E-state index is 4.19. The third kappa shape index (κ3) is 2.26. The molecule has 13 heavy (non-hydrogen) atoms. The molecule has 0 aliphatic carbocycles. The van der Waals surface area contributed by atoms with Gasteiger partial charge in [-0.2, -0.15) is 0 Å². The number of hydrogen-bond acceptors (Lipinski definition) is 2. The first kappa shape index (κ1) is 9.68. The van der Waals surface area contributed by atoms with Gasteiger partial charge in [-0.1, -0.05) is 12.1 Å². The molecule has 0 aromatic carbocycles. The predicted octanol–water partition coefficient (Wildman–Crippen LogP) is 2.57. The molecule has 0 N–H and O–H groups in total. The molecule has 2 aromatic rings. The summed E-state index contributed by atoms with van der Waals surface area (Å²) in [4.78, 5) is 8.37. The molecule has 0 spiro atoms. The van der Waals surface area contributed by atoms with Crippen LogP contribution in [0.1, 0.15) is 0 Å². The summed E-state index contributed by atoms with van der Waals surface area (Å²) in [5.41, 5.74) is 1.83. The van der Waals surface area contributed by atoms with Gasteiger partial charge in [0.15, 0.2) is 0 Å². The first-order chi connectivity index (χ1) is 5.97. The maximum Gasteiger partial charge on any atom is 0.0886 e. The average molecular weight is 193 g/mol. The lowest BCUT2D eigenvalue weighted by Gasteiger charge is -1.96. The van der Waals surface area contributed by atoms with Gasteiger partial charge in [0, 0.05) is 12.4 Å². The van der Waals surface area contributed by atoms with Crippen LogP contribution in [0.5, 0.6) is 0 Å². The van der Waals surface area contributed by atoms with E-state index >= 15 is 0 Å². The van der Waals surface area contributed by atoms with Crippen molar-refractivity contribution in [1.29, 1.82) is 0 Å². The molecule has 0 bridgehead atoms. The molecular formula is C10H9ClN2. The van der Waals surface area contributed by atoms with Crippen LogP contribution in [0, 0.1) is 0 Å². The van der Waals surface area contributed by atoms with Crippen LogP contribution in [-0.2, 0) is 0 Å². The lowest BCUT2D eigenvalue weighted by Crippen LogP contribution is -1.83. The zero-order chi connectivity index (χ0) is 8.23. The van der Waals surface area contributed by atoms with Gasteiger partial charge in [-0.3, -0.25) is 9.97 Å². The Morgan fingerprint density at radius 1 is 0.692 bits per heavy atom. The van der Waals surface area contributed by atoms with E-state index in [1.807, 2.05) is 36.4 Å². The summed E-state index contributed by atoms with van der Waals surface area (Å²) >= 11 is 0. The van der Waals surface area contributed by atoms with Gasteiger partial charge in [-0.25, -0.2) is 0 Å². The van der Waals surface area contributed by atoms with Crippen molar-refractivity contribution in [3.8, 4) is 11.4 Å². The number of aromatic nitrogens is 2. The second kappa shape index (κ2) is 4.58. The van der Waals surface area contributed by atoms with Crippen LogP contribution < -0.4 is 0 Å². The highest BCUT2D eigenvalue weighted by molar-refractivity contribution is 5.85. The molecule has 0 aliphatic rings. The Bertz CT molecular complexity index is 310. The lowest BCUT2D eigenvalue weighted by atomic mass is 10.2. The minimum absolute atomic E-state index is 0. The third-order valence-corrected chi connectivity index (χ3v) is 1.59. The molecule has 66 valence electrons. The van der Waals surface area contributed by atoms with E-state index < -0.39 is 0 Å². The van der Waals surface area contributed by atoms with Gasteiger partial charge in [0.1, 0.15) is 0 Å². The van der Waals surface area contributed by atoms with E-state index in [4.69, 9.17) is 0 Å². The zero-order valence-corrected chi connectivity index (χ0v) is 7.74. The van der Waals surface area contributed by atoms with Crippen molar-refractivity contribution in [3.63, 3.8) is 0 Å². The Morgan fingerprint density at radius 3 is 1.46 bits per heavy atom. The van der Waals surface area contributed by atoms with Crippen molar-refractivity contribution in [3.05, 3.63) is 48.8 Å². The standard InChI is InChI=1S/C10H8N2.ClH/c1-3-7-11-9(5-1)10-6-2-4-8-12-10;/h1-8H;1H. The average Bonchev–Trinajstić information content (AvgIpc) is 2.21. The number of nitrogens with zero attached hydrogens (tertiary/aromatic N) is 2. The van der Waals surface area contributed by atoms with Gasteiger partial charge in [-0.15, -0.1) is 12.4 Å². The number of rotatable bonds is 1. The minimum Gasteiger partial charge on any atom is -0.255 e. The zero-order valence-electron chi connectivity index (χ0n) is 6.92. The summed E-state index contributed by atoms with van der Waals surface area (Å²) < 4.78 is 0. The maximum absolute atomic E-state index is 4.19. The molecule has 0 radical (unpaired) electrons. The van der Waals surface area contributed by atoms with E-state index in [0.717, 1.165) is 11.4 Å². The molecule has 2 aromatic heterocycles. The van der Waals surface area contributed by atoms with Crippen LogP contribution in [0.3, 0.4) is 0 Å². The molecule has 2 rings (SSSR count). The van der Waals surface area contributed by atoms with Crippen LogP contribution in [0.15, 0.2) is 48.8 Å². The van der Waals surface area contributed by atoms with E-state index in [1.165, 1.54) is 0 Å². The molecule has 0 saturated carbocycles. The van der Waals surface area contributed by atoms with Gasteiger partial charge < -0.3 is 0 Å². The number of halogens is 1. The van der Waals surface area contributed by atoms with Crippen molar-refractivity contribution in [2.75, 3.05) is 0 Å². The normalized spacial score (nSPS) is 8.92. The molecule has 0 unspecified atom stereocenters. The smallest absolute Gasteiger partial charge is 0.0886 e. The highest BCUT2D eigenvalue weighted by atomic mass is 35.5. The van der Waals surface area contributed by atoms with E-state index in [-0.39, 0.29) is 12.4 Å². The Labute approximate surface area is 83.1 Å². The first-order valence-corrected chi connectivity index (χ1v) is 3.79. The molecule has 0 aliphatic heterocycles. The number of pyridine rings is 2. The molecule has 0 atom stereocenters. The molecular weight excluding hydrogens is 184 g/mol. The van der Waals surface area contributed by atoms with Gasteiger partial charge >= 0.3 is 0 Å². The Morgan fingerprint density at radius 2 is 1.15 bits per heavy atom. The summed E-state index contributed by atoms with van der Waals surface area (Å²) in [5.74, 6) is 0. The summed E-state index contributed by atoms with van der Waals surface area (Å²) in [6, 6.07) is 11.6. The van der Waals surface area contributed by atoms with Crippen molar-refractivity contribution < 1.29 is 0 Å². The van der Waals surface area contributed by atoms with Crippen molar-refractivity contribution in [2.24, 2.45) is 0 Å². The fraction of sp³-hybridized carbons (Fsp3) is 0. The van der Waals surface area contributed by atoms with E-state index in [0.29, 0.717) is 0 Å². The lowest BCUT2D eigenvalue weighted by molar-refractivity contribution is 1.25. The first-order valence-electron chi connectivity index (χ1n) is 3.79. The highest BCUT2D eigenvalue weighted by Gasteiger charge is 1.95. The van der Waals surface area contributed by atoms with Crippen LogP contribution >= 0.6 is 12.4 Å². The SMILES string of the molecule is Cl.c1ccc(-c2ccccn2)nc1. The van der Waals surface area contributed by atoms with Crippen molar-refractivity contribution in [2.45, 2.75) is 0 Å². The molecule has 0 saturated heterocycles. The fourth-order valence-electron chi connectivity index (χ4n) is 1.03. The topological polar surface area (TPSA) is 25.8 Å². The second-order valence-electron chi connectivity index (χ2n) is 2.43. The summed E-state index contributed by atoms with van der Waals surface area (Å²) in [6.45, 7) is 0. The van der Waals surface area contributed by atoms with Crippen LogP contribution in [0.2, 0.25) is 0 Å². The summed E-state index contributed by atoms with van der Waals surface area (Å²) in [7, 11) is 0. The van der Waals surface area contributed by atoms with Crippen LogP contribution in [0.25, 0.3) is 11.4 Å². The Hall–Kier alpha value is -1.41. The Balaban J connectivity index is 0.000000845. The molecule has 0 fully saturated rings. The van der Waals surface area contributed by atoms with Gasteiger partial charge in [0.25, 0.3) is 0 Å². The fourth-order valence-corrected chi connectivity index (χ4v) is 1.03. The minimum atomic E-state index is 0. The van der Waals surface area contributed by atoms with Crippen LogP contribution in [0.4, 0.5) is 0 Å². The van der Waals surface area contributed by atoms with Crippen molar-refractivity contribution in [1.82, 2.24) is 9.97 Å². The Kier molecular flexibility index (Phi) is 3.41. The molecule has 3 heteroatoms. The number of hydrogen-bond donors (Lipinski definition) is 0. The third-order valence-electron chi connectivity index (χ3n) is 1.59. The molecule has 2 heterocycles. The summed E-state index contributed by atoms with van der Waals surface area (Å²) in [5, 5.41) is 0. The van der Waals surface area contributed by atoms with Crippen LogP contribution in [-0.4, -0.2) is 9.97 Å².